The Bertz CT molecular complexity index is 504. The molecule has 0 aromatic heterocycles. The molecule has 0 aromatic carbocycles. The Morgan fingerprint density at radius 2 is 2.09 bits per heavy atom. The fraction of sp³-hybridized carbons (Fsp3) is 0.944. The van der Waals surface area contributed by atoms with Crippen molar-refractivity contribution >= 4 is 21.1 Å². The molecule has 1 amide bonds. The predicted molar refractivity (Wildman–Crippen MR) is 89.7 cm³/mol. The van der Waals surface area contributed by atoms with Crippen molar-refractivity contribution in [2.75, 3.05) is 13.2 Å². The summed E-state index contributed by atoms with van der Waals surface area (Å²) in [6, 6.07) is 0. The first-order chi connectivity index (χ1) is 10.9. The molecule has 23 heavy (non-hydrogen) atoms. The summed E-state index contributed by atoms with van der Waals surface area (Å²) >= 11 is 0.467. The molecule has 4 rings (SSSR count). The van der Waals surface area contributed by atoms with Gasteiger partial charge in [-0.05, 0) is 0 Å². The van der Waals surface area contributed by atoms with Crippen molar-refractivity contribution in [3.05, 3.63) is 0 Å². The third-order valence-electron chi connectivity index (χ3n) is 7.57. The number of alkyl carbamates (subject to hydrolysis) is 1. The normalized spacial score (nSPS) is 47.8. The Hall–Kier alpha value is -0.251. The molecule has 4 fully saturated rings. The zero-order valence-electron chi connectivity index (χ0n) is 14.5. The van der Waals surface area contributed by atoms with Gasteiger partial charge in [0.15, 0.2) is 0 Å². The van der Waals surface area contributed by atoms with E-state index in [0.717, 1.165) is 6.61 Å². The maximum atomic E-state index is 11.9. The van der Waals surface area contributed by atoms with E-state index in [1.54, 1.807) is 0 Å². The first kappa shape index (κ1) is 16.2. The minimum absolute atomic E-state index is 0.101. The second-order valence-corrected chi connectivity index (χ2v) is 11.0. The van der Waals surface area contributed by atoms with Gasteiger partial charge in [-0.1, -0.05) is 0 Å². The molecule has 2 saturated carbocycles. The first-order valence-electron chi connectivity index (χ1n) is 9.11. The molecule has 2 saturated heterocycles. The molecule has 2 bridgehead atoms. The molecular weight excluding hydrogens is 357 g/mol. The first-order valence-corrected chi connectivity index (χ1v) is 11.3. The summed E-state index contributed by atoms with van der Waals surface area (Å²) < 4.78 is 12.0. The standard InChI is InChI=1S/C18H29NO3Se/c1-16(2)13-7-8-17(16,3)18(11-19-15(20)22-18)14(13)23-10-12-6-4-5-9-21-12/h12-14H,4-11H2,1-3H3,(H,19,20)/t12-,13+,14-,17+,18+/m0/s1. The zero-order valence-corrected chi connectivity index (χ0v) is 16.2. The molecule has 1 N–H and O–H groups in total. The molecule has 5 heteroatoms. The van der Waals surface area contributed by atoms with Crippen LogP contribution in [-0.2, 0) is 9.47 Å². The van der Waals surface area contributed by atoms with Crippen LogP contribution in [0.3, 0.4) is 0 Å². The van der Waals surface area contributed by atoms with Crippen molar-refractivity contribution < 1.29 is 14.3 Å². The van der Waals surface area contributed by atoms with Crippen LogP contribution >= 0.6 is 0 Å². The van der Waals surface area contributed by atoms with Crippen molar-refractivity contribution in [1.82, 2.24) is 5.32 Å². The van der Waals surface area contributed by atoms with E-state index in [2.05, 4.69) is 26.1 Å². The van der Waals surface area contributed by atoms with Crippen molar-refractivity contribution in [1.29, 1.82) is 0 Å². The van der Waals surface area contributed by atoms with E-state index in [1.165, 1.54) is 37.4 Å². The molecule has 5 atom stereocenters. The fourth-order valence-electron chi connectivity index (χ4n) is 5.77. The van der Waals surface area contributed by atoms with Crippen LogP contribution in [0.4, 0.5) is 4.79 Å². The van der Waals surface area contributed by atoms with E-state index in [0.29, 0.717) is 38.3 Å². The number of hydrogen-bond acceptors (Lipinski definition) is 3. The minimum atomic E-state index is -0.273. The van der Waals surface area contributed by atoms with Crippen LogP contribution in [0.25, 0.3) is 0 Å². The van der Waals surface area contributed by atoms with E-state index in [1.807, 2.05) is 0 Å². The third kappa shape index (κ3) is 2.09. The summed E-state index contributed by atoms with van der Waals surface area (Å²) in [5.41, 5.74) is 0.0774. The molecule has 4 aliphatic rings. The number of carbonyl (C=O) groups is 1. The van der Waals surface area contributed by atoms with Gasteiger partial charge in [0.2, 0.25) is 0 Å². The summed E-state index contributed by atoms with van der Waals surface area (Å²) in [6.07, 6.45) is 6.45. The van der Waals surface area contributed by atoms with Crippen molar-refractivity contribution in [2.45, 2.75) is 74.7 Å². The van der Waals surface area contributed by atoms with Gasteiger partial charge in [0.05, 0.1) is 0 Å². The van der Waals surface area contributed by atoms with E-state index in [9.17, 15) is 4.79 Å². The number of ether oxygens (including phenoxy) is 2. The molecule has 2 aliphatic carbocycles. The molecule has 130 valence electrons. The van der Waals surface area contributed by atoms with Crippen LogP contribution in [0, 0.1) is 16.7 Å². The number of carbonyl (C=O) groups excluding carboxylic acids is 1. The van der Waals surface area contributed by atoms with Gasteiger partial charge in [-0.3, -0.25) is 0 Å². The van der Waals surface area contributed by atoms with Gasteiger partial charge in [0, 0.05) is 0 Å². The molecular formula is C18H29NO3Se. The molecule has 1 spiro atoms. The van der Waals surface area contributed by atoms with E-state index < -0.39 is 0 Å². The molecule has 0 unspecified atom stereocenters. The van der Waals surface area contributed by atoms with Crippen LogP contribution in [0.15, 0.2) is 0 Å². The van der Waals surface area contributed by atoms with Crippen LogP contribution in [0.1, 0.15) is 52.9 Å². The molecule has 0 radical (unpaired) electrons. The van der Waals surface area contributed by atoms with E-state index >= 15 is 0 Å². The van der Waals surface area contributed by atoms with Crippen LogP contribution in [0.5, 0.6) is 0 Å². The summed E-state index contributed by atoms with van der Waals surface area (Å²) in [5.74, 6) is 0.684. The monoisotopic (exact) mass is 387 g/mol. The number of nitrogens with one attached hydrogen (secondary N) is 1. The van der Waals surface area contributed by atoms with Gasteiger partial charge < -0.3 is 0 Å². The van der Waals surface area contributed by atoms with Crippen LogP contribution < -0.4 is 5.32 Å². The number of rotatable bonds is 3. The average molecular weight is 386 g/mol. The molecule has 4 nitrogen and oxygen atoms in total. The summed E-state index contributed by atoms with van der Waals surface area (Å²) in [6.45, 7) is 8.83. The number of fused-ring (bicyclic) bond motifs is 3. The Balaban J connectivity index is 1.58. The number of amides is 1. The Labute approximate surface area is 145 Å². The van der Waals surface area contributed by atoms with E-state index in [4.69, 9.17) is 9.47 Å². The Morgan fingerprint density at radius 1 is 1.26 bits per heavy atom. The van der Waals surface area contributed by atoms with Gasteiger partial charge in [0.1, 0.15) is 0 Å². The van der Waals surface area contributed by atoms with Crippen LogP contribution in [0.2, 0.25) is 10.1 Å². The van der Waals surface area contributed by atoms with Crippen molar-refractivity contribution in [3.63, 3.8) is 0 Å². The average Bonchev–Trinajstić information content (AvgIpc) is 3.06. The van der Waals surface area contributed by atoms with Gasteiger partial charge in [-0.2, -0.15) is 0 Å². The topological polar surface area (TPSA) is 47.6 Å². The van der Waals surface area contributed by atoms with Gasteiger partial charge in [-0.15, -0.1) is 0 Å². The molecule has 2 heterocycles. The second-order valence-electron chi connectivity index (χ2n) is 8.57. The summed E-state index contributed by atoms with van der Waals surface area (Å²) in [7, 11) is 0. The third-order valence-corrected chi connectivity index (χ3v) is 11.0. The zero-order chi connectivity index (χ0) is 16.3. The van der Waals surface area contributed by atoms with Gasteiger partial charge >= 0.3 is 145 Å². The predicted octanol–water partition coefficient (Wildman–Crippen LogP) is 3.40. The fourth-order valence-corrected chi connectivity index (χ4v) is 10.1. The Morgan fingerprint density at radius 3 is 2.74 bits per heavy atom. The molecule has 0 aromatic rings. The number of hydrogen-bond donors (Lipinski definition) is 1. The van der Waals surface area contributed by atoms with Gasteiger partial charge in [0.25, 0.3) is 0 Å². The van der Waals surface area contributed by atoms with Gasteiger partial charge in [-0.25, -0.2) is 0 Å². The van der Waals surface area contributed by atoms with Crippen molar-refractivity contribution in [3.8, 4) is 0 Å². The SMILES string of the molecule is CC1(C)[C@@H]2CC[C@@]1(C)[C@@]1(CNC(=O)O1)[C@H]2[Se]C[C@@H]1CCCCO1. The summed E-state index contributed by atoms with van der Waals surface area (Å²) in [5, 5.41) is 4.17. The van der Waals surface area contributed by atoms with Crippen molar-refractivity contribution in [2.24, 2.45) is 16.7 Å². The maximum absolute atomic E-state index is 11.9. The quantitative estimate of drug-likeness (QED) is 0.757. The molecule has 2 aliphatic heterocycles. The summed E-state index contributed by atoms with van der Waals surface area (Å²) in [4.78, 5) is 12.5. The van der Waals surface area contributed by atoms with Crippen LogP contribution in [-0.4, -0.2) is 45.9 Å². The van der Waals surface area contributed by atoms with E-state index in [-0.39, 0.29) is 22.5 Å². The Kier molecular flexibility index (Phi) is 3.79. The second kappa shape index (κ2) is 5.37.